The highest BCUT2D eigenvalue weighted by Gasteiger charge is 2.31. The van der Waals surface area contributed by atoms with Gasteiger partial charge in [0.2, 0.25) is 0 Å². The molecule has 1 rings (SSSR count). The topological polar surface area (TPSA) is 60.9 Å². The molecular weight excluding hydrogens is 256 g/mol. The van der Waals surface area contributed by atoms with Crippen molar-refractivity contribution in [1.29, 1.82) is 0 Å². The van der Waals surface area contributed by atoms with Gasteiger partial charge in [0.25, 0.3) is 0 Å². The van der Waals surface area contributed by atoms with Crippen molar-refractivity contribution in [3.8, 4) is 0 Å². The number of carbonyl (C=O) groups excluding carboxylic acids is 1. The van der Waals surface area contributed by atoms with E-state index in [9.17, 15) is 9.59 Å². The molecule has 0 aromatic rings. The largest absolute Gasteiger partial charge is 0.481 e. The second kappa shape index (κ2) is 8.12. The van der Waals surface area contributed by atoms with Crippen LogP contribution in [-0.4, -0.2) is 52.6 Å². The molecule has 116 valence electrons. The number of carboxylic acids is 1. The standard InChI is InChI=1S/C15H28N2O3/c1-4-6-10-17(12(3)5-2)15(20)16-9-7-8-13(11-16)14(18)19/h12-13H,4-11H2,1-3H3,(H,18,19). The molecule has 5 nitrogen and oxygen atoms in total. The van der Waals surface area contributed by atoms with E-state index < -0.39 is 11.9 Å². The lowest BCUT2D eigenvalue weighted by Gasteiger charge is -2.37. The van der Waals surface area contributed by atoms with E-state index in [0.717, 1.165) is 32.2 Å². The van der Waals surface area contributed by atoms with Gasteiger partial charge in [-0.3, -0.25) is 4.79 Å². The Morgan fingerprint density at radius 2 is 2.10 bits per heavy atom. The number of rotatable bonds is 6. The van der Waals surface area contributed by atoms with E-state index in [1.165, 1.54) is 0 Å². The number of likely N-dealkylation sites (tertiary alicyclic amines) is 1. The Bertz CT molecular complexity index is 333. The molecule has 2 unspecified atom stereocenters. The normalized spacial score (nSPS) is 20.6. The summed E-state index contributed by atoms with van der Waals surface area (Å²) in [6, 6.07) is 0.220. The summed E-state index contributed by atoms with van der Waals surface area (Å²) >= 11 is 0. The van der Waals surface area contributed by atoms with Crippen molar-refractivity contribution in [2.24, 2.45) is 5.92 Å². The summed E-state index contributed by atoms with van der Waals surface area (Å²) in [5, 5.41) is 9.12. The molecule has 2 atom stereocenters. The fourth-order valence-electron chi connectivity index (χ4n) is 2.59. The number of aliphatic carboxylic acids is 1. The van der Waals surface area contributed by atoms with Gasteiger partial charge in [-0.05, 0) is 32.6 Å². The molecule has 0 bridgehead atoms. The smallest absolute Gasteiger partial charge is 0.320 e. The fraction of sp³-hybridized carbons (Fsp3) is 0.867. The third kappa shape index (κ3) is 4.39. The van der Waals surface area contributed by atoms with Gasteiger partial charge in [-0.25, -0.2) is 4.79 Å². The Morgan fingerprint density at radius 1 is 1.40 bits per heavy atom. The van der Waals surface area contributed by atoms with E-state index in [2.05, 4.69) is 20.8 Å². The Hall–Kier alpha value is -1.26. The minimum absolute atomic E-state index is 0.0127. The van der Waals surface area contributed by atoms with Crippen molar-refractivity contribution >= 4 is 12.0 Å². The van der Waals surface area contributed by atoms with Crippen LogP contribution in [0.25, 0.3) is 0 Å². The second-order valence-corrected chi connectivity index (χ2v) is 5.71. The van der Waals surface area contributed by atoms with Crippen LogP contribution in [0.5, 0.6) is 0 Å². The average Bonchev–Trinajstić information content (AvgIpc) is 2.47. The maximum absolute atomic E-state index is 12.6. The van der Waals surface area contributed by atoms with E-state index in [1.807, 2.05) is 4.90 Å². The molecule has 0 aromatic heterocycles. The number of unbranched alkanes of at least 4 members (excludes halogenated alkanes) is 1. The molecule has 1 heterocycles. The molecular formula is C15H28N2O3. The first-order valence-electron chi connectivity index (χ1n) is 7.79. The number of hydrogen-bond donors (Lipinski definition) is 1. The molecule has 5 heteroatoms. The van der Waals surface area contributed by atoms with Crippen molar-refractivity contribution in [3.63, 3.8) is 0 Å². The summed E-state index contributed by atoms with van der Waals surface area (Å²) in [7, 11) is 0. The van der Waals surface area contributed by atoms with Gasteiger partial charge in [0.05, 0.1) is 5.92 Å². The number of nitrogens with zero attached hydrogens (tertiary/aromatic N) is 2. The predicted molar refractivity (Wildman–Crippen MR) is 78.7 cm³/mol. The highest BCUT2D eigenvalue weighted by molar-refractivity contribution is 5.77. The first kappa shape index (κ1) is 16.8. The zero-order chi connectivity index (χ0) is 15.1. The van der Waals surface area contributed by atoms with Crippen molar-refractivity contribution in [1.82, 2.24) is 9.80 Å². The third-order valence-corrected chi connectivity index (χ3v) is 4.16. The van der Waals surface area contributed by atoms with E-state index in [4.69, 9.17) is 5.11 Å². The third-order valence-electron chi connectivity index (χ3n) is 4.16. The van der Waals surface area contributed by atoms with Gasteiger partial charge < -0.3 is 14.9 Å². The number of carboxylic acid groups (broad SMARTS) is 1. The zero-order valence-corrected chi connectivity index (χ0v) is 13.0. The monoisotopic (exact) mass is 284 g/mol. The molecule has 0 aromatic carbocycles. The van der Waals surface area contributed by atoms with E-state index in [-0.39, 0.29) is 12.1 Å². The van der Waals surface area contributed by atoms with E-state index >= 15 is 0 Å². The summed E-state index contributed by atoms with van der Waals surface area (Å²) in [6.07, 6.45) is 4.43. The maximum Gasteiger partial charge on any atom is 0.320 e. The minimum Gasteiger partial charge on any atom is -0.481 e. The van der Waals surface area contributed by atoms with Crippen LogP contribution in [0.2, 0.25) is 0 Å². The number of piperidine rings is 1. The van der Waals surface area contributed by atoms with Gasteiger partial charge in [0, 0.05) is 25.7 Å². The van der Waals surface area contributed by atoms with Crippen molar-refractivity contribution < 1.29 is 14.7 Å². The molecule has 0 radical (unpaired) electrons. The Morgan fingerprint density at radius 3 is 2.65 bits per heavy atom. The summed E-state index contributed by atoms with van der Waals surface area (Å²) in [6.45, 7) is 8.05. The van der Waals surface area contributed by atoms with Crippen LogP contribution >= 0.6 is 0 Å². The Kier molecular flexibility index (Phi) is 6.82. The number of urea groups is 1. The van der Waals surface area contributed by atoms with Crippen LogP contribution in [0.1, 0.15) is 52.9 Å². The molecule has 1 fully saturated rings. The van der Waals surface area contributed by atoms with E-state index in [1.54, 1.807) is 4.90 Å². The minimum atomic E-state index is -0.786. The summed E-state index contributed by atoms with van der Waals surface area (Å²) < 4.78 is 0. The van der Waals surface area contributed by atoms with Crippen LogP contribution in [0.3, 0.4) is 0 Å². The van der Waals surface area contributed by atoms with Crippen molar-refractivity contribution in [2.75, 3.05) is 19.6 Å². The molecule has 1 N–H and O–H groups in total. The van der Waals surface area contributed by atoms with Gasteiger partial charge >= 0.3 is 12.0 Å². The van der Waals surface area contributed by atoms with Crippen LogP contribution in [0.15, 0.2) is 0 Å². The van der Waals surface area contributed by atoms with Gasteiger partial charge in [-0.15, -0.1) is 0 Å². The summed E-state index contributed by atoms with van der Waals surface area (Å²) in [4.78, 5) is 27.4. The van der Waals surface area contributed by atoms with Crippen molar-refractivity contribution in [3.05, 3.63) is 0 Å². The Balaban J connectivity index is 2.69. The van der Waals surface area contributed by atoms with Gasteiger partial charge in [-0.2, -0.15) is 0 Å². The zero-order valence-electron chi connectivity index (χ0n) is 13.0. The van der Waals surface area contributed by atoms with Gasteiger partial charge in [0.15, 0.2) is 0 Å². The van der Waals surface area contributed by atoms with Gasteiger partial charge in [0.1, 0.15) is 0 Å². The molecule has 20 heavy (non-hydrogen) atoms. The van der Waals surface area contributed by atoms with Crippen molar-refractivity contribution in [2.45, 2.75) is 58.9 Å². The summed E-state index contributed by atoms with van der Waals surface area (Å²) in [5.41, 5.74) is 0. The molecule has 1 aliphatic rings. The molecule has 0 spiro atoms. The summed E-state index contributed by atoms with van der Waals surface area (Å²) in [5.74, 6) is -1.19. The van der Waals surface area contributed by atoms with Crippen LogP contribution in [0, 0.1) is 5.92 Å². The quantitative estimate of drug-likeness (QED) is 0.816. The van der Waals surface area contributed by atoms with Crippen LogP contribution in [-0.2, 0) is 4.79 Å². The lowest BCUT2D eigenvalue weighted by molar-refractivity contribution is -0.143. The average molecular weight is 284 g/mol. The fourth-order valence-corrected chi connectivity index (χ4v) is 2.59. The maximum atomic E-state index is 12.6. The lowest BCUT2D eigenvalue weighted by atomic mass is 9.98. The predicted octanol–water partition coefficient (Wildman–Crippen LogP) is 2.80. The highest BCUT2D eigenvalue weighted by atomic mass is 16.4. The van der Waals surface area contributed by atoms with Crippen LogP contribution < -0.4 is 0 Å². The first-order valence-corrected chi connectivity index (χ1v) is 7.79. The molecule has 0 saturated carbocycles. The molecule has 2 amide bonds. The molecule has 1 saturated heterocycles. The first-order chi connectivity index (χ1) is 9.51. The Labute approximate surface area is 121 Å². The highest BCUT2D eigenvalue weighted by Crippen LogP contribution is 2.19. The number of amides is 2. The number of carbonyl (C=O) groups is 2. The van der Waals surface area contributed by atoms with E-state index in [0.29, 0.717) is 19.5 Å². The SMILES string of the molecule is CCCCN(C(=O)N1CCCC(C(=O)O)C1)C(C)CC. The lowest BCUT2D eigenvalue weighted by Crippen LogP contribution is -2.51. The second-order valence-electron chi connectivity index (χ2n) is 5.71. The molecule has 0 aliphatic carbocycles. The van der Waals surface area contributed by atoms with Gasteiger partial charge in [-0.1, -0.05) is 20.3 Å². The van der Waals surface area contributed by atoms with Crippen LogP contribution in [0.4, 0.5) is 4.79 Å². The number of hydrogen-bond acceptors (Lipinski definition) is 2. The molecule has 1 aliphatic heterocycles.